The van der Waals surface area contributed by atoms with Crippen molar-refractivity contribution in [2.24, 2.45) is 0 Å². The fraction of sp³-hybridized carbons (Fsp3) is 0.310. The molecule has 1 aliphatic rings. The molecule has 1 fully saturated rings. The summed E-state index contributed by atoms with van der Waals surface area (Å²) in [6.45, 7) is 10.4. The minimum absolute atomic E-state index is 0.0573. The van der Waals surface area contributed by atoms with Gasteiger partial charge in [-0.05, 0) is 65.2 Å². The molecule has 6 rings (SSSR count). The molecule has 10 nitrogen and oxygen atoms in total. The van der Waals surface area contributed by atoms with Crippen molar-refractivity contribution in [2.75, 3.05) is 19.0 Å². The van der Waals surface area contributed by atoms with Gasteiger partial charge in [-0.2, -0.15) is 4.98 Å². The Morgan fingerprint density at radius 1 is 0.849 bits per heavy atom. The zero-order valence-electron chi connectivity index (χ0n) is 30.9. The molecule has 0 radical (unpaired) electrons. The Labute approximate surface area is 311 Å². The number of benzene rings is 4. The van der Waals surface area contributed by atoms with Crippen molar-refractivity contribution >= 4 is 20.0 Å². The molecule has 0 saturated carbocycles. The number of aromatic nitrogens is 2. The molecule has 2 N–H and O–H groups in total. The maximum Gasteiger partial charge on any atom is 0.351 e. The van der Waals surface area contributed by atoms with Gasteiger partial charge in [-0.3, -0.25) is 9.36 Å². The fourth-order valence-corrected chi connectivity index (χ4v) is 7.60. The van der Waals surface area contributed by atoms with E-state index in [1.165, 1.54) is 16.8 Å². The van der Waals surface area contributed by atoms with Crippen molar-refractivity contribution in [1.82, 2.24) is 9.55 Å². The number of nitrogens with one attached hydrogen (secondary N) is 1. The number of carbonyl (C=O) groups is 1. The highest BCUT2D eigenvalue weighted by molar-refractivity contribution is 6.74. The van der Waals surface area contributed by atoms with E-state index in [2.05, 4.69) is 44.2 Å². The summed E-state index contributed by atoms with van der Waals surface area (Å²) in [5.41, 5.74) is 1.26. The molecule has 1 aliphatic heterocycles. The minimum atomic E-state index is -2.52. The largest absolute Gasteiger partial charge is 0.497 e. The quantitative estimate of drug-likeness (QED) is 0.102. The second-order valence-corrected chi connectivity index (χ2v) is 19.4. The lowest BCUT2D eigenvalue weighted by Gasteiger charge is -2.40. The third kappa shape index (κ3) is 7.90. The van der Waals surface area contributed by atoms with E-state index in [0.29, 0.717) is 11.3 Å². The summed E-state index contributed by atoms with van der Waals surface area (Å²) in [6, 6.07) is 37.8. The first-order chi connectivity index (χ1) is 25.3. The first-order valence-corrected chi connectivity index (χ1v) is 20.6. The number of carbonyl (C=O) groups excluding carboxylic acids is 1. The molecule has 1 saturated heterocycles. The summed E-state index contributed by atoms with van der Waals surface area (Å²) in [4.78, 5) is 30.6. The first kappa shape index (κ1) is 37.8. The number of ether oxygens (including phenoxy) is 3. The predicted octanol–water partition coefficient (Wildman–Crippen LogP) is 7.16. The summed E-state index contributed by atoms with van der Waals surface area (Å²) in [7, 11) is -0.891. The van der Waals surface area contributed by atoms with E-state index in [0.717, 1.165) is 16.7 Å². The van der Waals surface area contributed by atoms with Crippen LogP contribution in [0.4, 0.5) is 5.82 Å². The summed E-state index contributed by atoms with van der Waals surface area (Å²) in [6.07, 6.45) is -2.51. The number of rotatable bonds is 12. The average Bonchev–Trinajstić information content (AvgIpc) is 3.46. The van der Waals surface area contributed by atoms with Crippen molar-refractivity contribution in [3.63, 3.8) is 0 Å². The van der Waals surface area contributed by atoms with Gasteiger partial charge < -0.3 is 29.1 Å². The molecule has 4 aromatic carbocycles. The Kier molecular flexibility index (Phi) is 11.1. The molecule has 0 bridgehead atoms. The number of aliphatic hydroxyl groups excluding tert-OH is 1. The third-order valence-electron chi connectivity index (χ3n) is 10.3. The molecule has 11 heteroatoms. The number of anilines is 1. The van der Waals surface area contributed by atoms with E-state index in [1.807, 2.05) is 91.0 Å². The number of nitrogens with zero attached hydrogens (tertiary/aromatic N) is 2. The fourth-order valence-electron chi connectivity index (χ4n) is 6.31. The lowest BCUT2D eigenvalue weighted by molar-refractivity contribution is -0.0956. The predicted molar refractivity (Wildman–Crippen MR) is 207 cm³/mol. The second-order valence-electron chi connectivity index (χ2n) is 14.7. The Bertz CT molecular complexity index is 2000. The minimum Gasteiger partial charge on any atom is -0.497 e. The van der Waals surface area contributed by atoms with Crippen molar-refractivity contribution in [3.8, 4) is 5.75 Å². The van der Waals surface area contributed by atoms with Crippen LogP contribution >= 0.6 is 0 Å². The number of methoxy groups -OCH3 is 1. The maximum atomic E-state index is 13.6. The van der Waals surface area contributed by atoms with Crippen LogP contribution in [0.5, 0.6) is 5.75 Å². The van der Waals surface area contributed by atoms with Crippen LogP contribution in [0.1, 0.15) is 54.0 Å². The van der Waals surface area contributed by atoms with E-state index in [1.54, 1.807) is 31.4 Å². The molecule has 0 aliphatic carbocycles. The van der Waals surface area contributed by atoms with Gasteiger partial charge in [0.05, 0.1) is 13.7 Å². The van der Waals surface area contributed by atoms with Gasteiger partial charge in [0.1, 0.15) is 35.5 Å². The summed E-state index contributed by atoms with van der Waals surface area (Å²) >= 11 is 0. The zero-order valence-corrected chi connectivity index (χ0v) is 31.9. The molecule has 2 heterocycles. The number of aliphatic hydroxyl groups is 1. The van der Waals surface area contributed by atoms with Crippen LogP contribution in [0, 0.1) is 0 Å². The van der Waals surface area contributed by atoms with Crippen molar-refractivity contribution in [3.05, 3.63) is 160 Å². The molecule has 0 unspecified atom stereocenters. The van der Waals surface area contributed by atoms with Crippen LogP contribution in [0.2, 0.25) is 18.1 Å². The zero-order chi connectivity index (χ0) is 37.8. The highest BCUT2D eigenvalue weighted by Crippen LogP contribution is 2.44. The van der Waals surface area contributed by atoms with Crippen LogP contribution < -0.4 is 15.7 Å². The standard InChI is InChI=1S/C42H47N3O7Si/c1-41(2,3)53(5,6)52-37-36(46)34(51-39(37)45-27-26-35(44-40(45)48)43-38(47)29-16-10-7-11-17-29)28-50-42(30-18-12-8-13-19-30,31-20-14-9-15-21-31)32-22-24-33(49-4)25-23-32/h7-27,34,36-37,39,46H,28H2,1-6H3,(H,43,44,47,48)/t34-,36-,37-,39-/m1/s1. The van der Waals surface area contributed by atoms with Gasteiger partial charge in [0.2, 0.25) is 0 Å². The van der Waals surface area contributed by atoms with Gasteiger partial charge in [0, 0.05) is 11.8 Å². The molecule has 276 valence electrons. The molecule has 1 aromatic heterocycles. The van der Waals surface area contributed by atoms with Gasteiger partial charge in [-0.15, -0.1) is 0 Å². The Balaban J connectivity index is 1.36. The highest BCUT2D eigenvalue weighted by Gasteiger charge is 2.51. The molecule has 1 amide bonds. The summed E-state index contributed by atoms with van der Waals surface area (Å²) in [5, 5.41) is 14.5. The molecular formula is C42H47N3O7Si. The molecule has 5 aromatic rings. The monoisotopic (exact) mass is 733 g/mol. The number of hydrogen-bond acceptors (Lipinski definition) is 8. The van der Waals surface area contributed by atoms with E-state index in [9.17, 15) is 14.7 Å². The number of amides is 1. The molecule has 4 atom stereocenters. The Morgan fingerprint density at radius 2 is 1.40 bits per heavy atom. The lowest BCUT2D eigenvalue weighted by atomic mass is 9.80. The van der Waals surface area contributed by atoms with Crippen LogP contribution in [0.15, 0.2) is 132 Å². The van der Waals surface area contributed by atoms with Crippen LogP contribution in [0.25, 0.3) is 0 Å². The average molecular weight is 734 g/mol. The highest BCUT2D eigenvalue weighted by atomic mass is 28.4. The summed E-state index contributed by atoms with van der Waals surface area (Å²) < 4.78 is 27.3. The molecule has 53 heavy (non-hydrogen) atoms. The second kappa shape index (κ2) is 15.6. The topological polar surface area (TPSA) is 121 Å². The lowest BCUT2D eigenvalue weighted by Crippen LogP contribution is -2.49. The van der Waals surface area contributed by atoms with Gasteiger partial charge in [-0.1, -0.05) is 112 Å². The van der Waals surface area contributed by atoms with E-state index in [-0.39, 0.29) is 17.5 Å². The SMILES string of the molecule is COc1ccc(C(OC[C@H]2O[C@@H](n3ccc(NC(=O)c4ccccc4)nc3=O)[C@H](O[Si](C)(C)C(C)(C)C)[C@@H]2O)(c2ccccc2)c2ccccc2)cc1. The van der Waals surface area contributed by atoms with Gasteiger partial charge in [0.15, 0.2) is 14.5 Å². The molecule has 0 spiro atoms. The van der Waals surface area contributed by atoms with Crippen LogP contribution in [-0.2, 0) is 19.5 Å². The van der Waals surface area contributed by atoms with Crippen LogP contribution in [-0.4, -0.2) is 60.9 Å². The maximum absolute atomic E-state index is 13.6. The summed E-state index contributed by atoms with van der Waals surface area (Å²) in [5.74, 6) is 0.406. The van der Waals surface area contributed by atoms with E-state index >= 15 is 0 Å². The van der Waals surface area contributed by atoms with Gasteiger partial charge in [0.25, 0.3) is 5.91 Å². The first-order valence-electron chi connectivity index (χ1n) is 17.7. The Hall–Kier alpha value is -4.91. The third-order valence-corrected chi connectivity index (χ3v) is 14.7. The number of hydrogen-bond donors (Lipinski definition) is 2. The van der Waals surface area contributed by atoms with Crippen molar-refractivity contribution in [1.29, 1.82) is 0 Å². The van der Waals surface area contributed by atoms with Gasteiger partial charge in [-0.25, -0.2) is 4.79 Å². The van der Waals surface area contributed by atoms with Crippen molar-refractivity contribution < 1.29 is 28.5 Å². The van der Waals surface area contributed by atoms with Crippen LogP contribution in [0.3, 0.4) is 0 Å². The molecular weight excluding hydrogens is 687 g/mol. The van der Waals surface area contributed by atoms with Gasteiger partial charge >= 0.3 is 5.69 Å². The Morgan fingerprint density at radius 3 is 1.92 bits per heavy atom. The normalized spacial score (nSPS) is 19.2. The van der Waals surface area contributed by atoms with E-state index < -0.39 is 50.1 Å². The van der Waals surface area contributed by atoms with Crippen molar-refractivity contribution in [2.45, 2.75) is 69.0 Å². The smallest absolute Gasteiger partial charge is 0.351 e. The van der Waals surface area contributed by atoms with E-state index in [4.69, 9.17) is 18.6 Å².